The van der Waals surface area contributed by atoms with Crippen molar-refractivity contribution in [2.45, 2.75) is 58.3 Å². The fourth-order valence-electron chi connectivity index (χ4n) is 1.44. The molecule has 0 aliphatic heterocycles. The van der Waals surface area contributed by atoms with Gasteiger partial charge in [0.2, 0.25) is 0 Å². The molecule has 0 saturated carbocycles. The van der Waals surface area contributed by atoms with Gasteiger partial charge in [-0.25, -0.2) is 0 Å². The molecule has 1 radical (unpaired) electrons. The second kappa shape index (κ2) is 12.7. The molecule has 0 heterocycles. The van der Waals surface area contributed by atoms with E-state index < -0.39 is 0 Å². The van der Waals surface area contributed by atoms with E-state index in [1.165, 1.54) is 44.9 Å². The molecule has 0 aromatic heterocycles. The Balaban J connectivity index is 2.91. The van der Waals surface area contributed by atoms with Crippen molar-refractivity contribution in [3.8, 4) is 0 Å². The van der Waals surface area contributed by atoms with Crippen molar-refractivity contribution in [3.05, 3.63) is 12.2 Å². The number of rotatable bonds is 10. The number of hydrogen-bond donors (Lipinski definition) is 0. The molecule has 2 nitrogen and oxygen atoms in total. The fraction of sp³-hybridized carbons (Fsp3) is 0.833. The molecule has 83 valence electrons. The zero-order valence-corrected chi connectivity index (χ0v) is 9.34. The molecule has 14 heavy (non-hydrogen) atoms. The van der Waals surface area contributed by atoms with Gasteiger partial charge in [0.25, 0.3) is 0 Å². The van der Waals surface area contributed by atoms with E-state index in [9.17, 15) is 5.26 Å². The van der Waals surface area contributed by atoms with E-state index in [0.717, 1.165) is 6.42 Å². The third-order valence-electron chi connectivity index (χ3n) is 2.31. The van der Waals surface area contributed by atoms with Gasteiger partial charge in [-0.2, -0.15) is 4.89 Å². The lowest BCUT2D eigenvalue weighted by atomic mass is 10.1. The molecule has 2 heteroatoms. The first-order chi connectivity index (χ1) is 6.91. The highest BCUT2D eigenvalue weighted by Crippen LogP contribution is 2.08. The summed E-state index contributed by atoms with van der Waals surface area (Å²) in [6, 6.07) is 0. The topological polar surface area (TPSA) is 29.1 Å². The molecule has 0 unspecified atom stereocenters. The highest BCUT2D eigenvalue weighted by molar-refractivity contribution is 4.80. The first-order valence-corrected chi connectivity index (χ1v) is 5.81. The van der Waals surface area contributed by atoms with Crippen molar-refractivity contribution in [1.29, 1.82) is 0 Å². The Bertz CT molecular complexity index is 121. The Kier molecular flexibility index (Phi) is 12.4. The Morgan fingerprint density at radius 1 is 0.929 bits per heavy atom. The lowest BCUT2D eigenvalue weighted by molar-refractivity contribution is -0.294. The first-order valence-electron chi connectivity index (χ1n) is 5.81. The van der Waals surface area contributed by atoms with Crippen LogP contribution in [0.15, 0.2) is 12.2 Å². The van der Waals surface area contributed by atoms with Gasteiger partial charge >= 0.3 is 0 Å². The van der Waals surface area contributed by atoms with Gasteiger partial charge in [-0.05, 0) is 18.1 Å². The molecule has 0 N–H and O–H groups in total. The Morgan fingerprint density at radius 3 is 2.21 bits per heavy atom. The summed E-state index contributed by atoms with van der Waals surface area (Å²) >= 11 is 0. The van der Waals surface area contributed by atoms with Crippen LogP contribution in [0.2, 0.25) is 0 Å². The minimum absolute atomic E-state index is 0.205. The van der Waals surface area contributed by atoms with Crippen LogP contribution in [0.25, 0.3) is 0 Å². The van der Waals surface area contributed by atoms with Gasteiger partial charge in [0, 0.05) is 0 Å². The Morgan fingerprint density at radius 2 is 1.57 bits per heavy atom. The maximum atomic E-state index is 9.61. The molecule has 0 fully saturated rings. The fourth-order valence-corrected chi connectivity index (χ4v) is 1.44. The zero-order valence-electron chi connectivity index (χ0n) is 9.34. The molecule has 0 amide bonds. The summed E-state index contributed by atoms with van der Waals surface area (Å²) in [4.78, 5) is 3.68. The summed E-state index contributed by atoms with van der Waals surface area (Å²) in [5, 5.41) is 9.61. The normalized spacial score (nSPS) is 11.3. The van der Waals surface area contributed by atoms with Crippen LogP contribution in [0.3, 0.4) is 0 Å². The van der Waals surface area contributed by atoms with Crippen LogP contribution in [-0.2, 0) is 10.1 Å². The summed E-state index contributed by atoms with van der Waals surface area (Å²) in [5.74, 6) is 0. The largest absolute Gasteiger partial charge is 0.200 e. The van der Waals surface area contributed by atoms with Crippen molar-refractivity contribution in [1.82, 2.24) is 0 Å². The molecule has 0 spiro atoms. The van der Waals surface area contributed by atoms with Crippen molar-refractivity contribution < 1.29 is 10.1 Å². The van der Waals surface area contributed by atoms with Crippen LogP contribution in [0.4, 0.5) is 0 Å². The van der Waals surface area contributed by atoms with E-state index in [2.05, 4.69) is 11.8 Å². The molecule has 0 rings (SSSR count). The van der Waals surface area contributed by atoms with Crippen molar-refractivity contribution in [2.24, 2.45) is 0 Å². The molecule has 0 saturated heterocycles. The van der Waals surface area contributed by atoms with E-state index in [-0.39, 0.29) is 6.61 Å². The molecule has 0 atom stereocenters. The maximum Gasteiger partial charge on any atom is 0.104 e. The molecule has 0 aromatic carbocycles. The third-order valence-corrected chi connectivity index (χ3v) is 2.31. The standard InChI is InChI=1S/C12H23O2/c1-2-3-4-5-6-7-8-9-10-11-12-14-13/h10-11H,2-9,12H2,1H3. The number of unbranched alkanes of at least 4 members (excludes halogenated alkanes) is 7. The van der Waals surface area contributed by atoms with Crippen molar-refractivity contribution >= 4 is 0 Å². The minimum atomic E-state index is 0.205. The van der Waals surface area contributed by atoms with E-state index in [4.69, 9.17) is 0 Å². The predicted molar refractivity (Wildman–Crippen MR) is 58.4 cm³/mol. The molecule has 0 aliphatic rings. The molecular weight excluding hydrogens is 176 g/mol. The highest BCUT2D eigenvalue weighted by Gasteiger charge is 1.89. The average Bonchev–Trinajstić information content (AvgIpc) is 2.21. The smallest absolute Gasteiger partial charge is 0.104 e. The summed E-state index contributed by atoms with van der Waals surface area (Å²) in [6.07, 6.45) is 14.3. The van der Waals surface area contributed by atoms with E-state index in [1.807, 2.05) is 6.08 Å². The monoisotopic (exact) mass is 199 g/mol. The predicted octanol–water partition coefficient (Wildman–Crippen LogP) is 4.05. The molecular formula is C12H23O2. The van der Waals surface area contributed by atoms with Gasteiger partial charge < -0.3 is 0 Å². The van der Waals surface area contributed by atoms with Crippen molar-refractivity contribution in [2.75, 3.05) is 6.61 Å². The summed E-state index contributed by atoms with van der Waals surface area (Å²) in [6.45, 7) is 2.44. The lowest BCUT2D eigenvalue weighted by Gasteiger charge is -1.98. The number of allylic oxidation sites excluding steroid dienone is 1. The van der Waals surface area contributed by atoms with Gasteiger partial charge in [0.05, 0.1) is 0 Å². The molecule has 0 aliphatic carbocycles. The Labute approximate surface area is 87.9 Å². The highest BCUT2D eigenvalue weighted by atomic mass is 17.1. The van der Waals surface area contributed by atoms with Crippen LogP contribution >= 0.6 is 0 Å². The summed E-state index contributed by atoms with van der Waals surface area (Å²) < 4.78 is 0. The van der Waals surface area contributed by atoms with E-state index >= 15 is 0 Å². The first kappa shape index (κ1) is 13.7. The summed E-state index contributed by atoms with van der Waals surface area (Å²) in [5.41, 5.74) is 0. The van der Waals surface area contributed by atoms with E-state index in [1.54, 1.807) is 6.08 Å². The lowest BCUT2D eigenvalue weighted by Crippen LogP contribution is -1.81. The zero-order chi connectivity index (χ0) is 10.5. The SMILES string of the molecule is CCCCCCCCCC=CCO[O]. The van der Waals surface area contributed by atoms with Gasteiger partial charge in [0.15, 0.2) is 0 Å². The molecule has 0 aromatic rings. The van der Waals surface area contributed by atoms with E-state index in [0.29, 0.717) is 0 Å². The summed E-state index contributed by atoms with van der Waals surface area (Å²) in [7, 11) is 0. The van der Waals surface area contributed by atoms with Crippen LogP contribution in [0.5, 0.6) is 0 Å². The van der Waals surface area contributed by atoms with Crippen LogP contribution < -0.4 is 0 Å². The number of hydrogen-bond acceptors (Lipinski definition) is 1. The maximum absolute atomic E-state index is 9.61. The second-order valence-corrected chi connectivity index (χ2v) is 3.67. The minimum Gasteiger partial charge on any atom is -0.200 e. The van der Waals surface area contributed by atoms with Crippen molar-refractivity contribution in [3.63, 3.8) is 0 Å². The van der Waals surface area contributed by atoms with Gasteiger partial charge in [-0.1, -0.05) is 57.6 Å². The second-order valence-electron chi connectivity index (χ2n) is 3.67. The van der Waals surface area contributed by atoms with Gasteiger partial charge in [-0.3, -0.25) is 0 Å². The Hall–Kier alpha value is -0.340. The van der Waals surface area contributed by atoms with Crippen LogP contribution in [0, 0.1) is 0 Å². The average molecular weight is 199 g/mol. The van der Waals surface area contributed by atoms with Crippen LogP contribution in [-0.4, -0.2) is 6.61 Å². The van der Waals surface area contributed by atoms with Crippen LogP contribution in [0.1, 0.15) is 58.3 Å². The molecule has 0 bridgehead atoms. The third kappa shape index (κ3) is 11.7. The quantitative estimate of drug-likeness (QED) is 0.226. The van der Waals surface area contributed by atoms with Gasteiger partial charge in [-0.15, -0.1) is 0 Å². The van der Waals surface area contributed by atoms with Gasteiger partial charge in [0.1, 0.15) is 6.61 Å².